The fourth-order valence-corrected chi connectivity index (χ4v) is 6.09. The molecule has 0 radical (unpaired) electrons. The van der Waals surface area contributed by atoms with Crippen LogP contribution >= 0.6 is 0 Å². The van der Waals surface area contributed by atoms with Gasteiger partial charge in [0.05, 0.1) is 23.3 Å². The minimum atomic E-state index is -0.327. The smallest absolute Gasteiger partial charge is 0.339 e. The Bertz CT molecular complexity index is 1010. The molecule has 1 fully saturated rings. The average Bonchev–Trinajstić information content (AvgIpc) is 3.33. The lowest BCUT2D eigenvalue weighted by molar-refractivity contribution is -0.0892. The van der Waals surface area contributed by atoms with Gasteiger partial charge in [-0.1, -0.05) is 62.1 Å². The van der Waals surface area contributed by atoms with Gasteiger partial charge < -0.3 is 14.2 Å². The molecular formula is C34H48O5. The summed E-state index contributed by atoms with van der Waals surface area (Å²) in [5.41, 5.74) is 7.31. The molecule has 0 saturated carbocycles. The fourth-order valence-electron chi connectivity index (χ4n) is 6.09. The summed E-state index contributed by atoms with van der Waals surface area (Å²) in [6.45, 7) is 16.2. The SMILES string of the molecule is CCCC[C@H](OC(=O)c1c(C)cc(C)cc1C)[C@H]1CC[C@H]([C@@H](CCCC)OC(=O)c2c(C)cc(C)cc2C)O1. The van der Waals surface area contributed by atoms with Crippen LogP contribution in [0.5, 0.6) is 0 Å². The number of hydrogen-bond acceptors (Lipinski definition) is 5. The monoisotopic (exact) mass is 536 g/mol. The average molecular weight is 537 g/mol. The van der Waals surface area contributed by atoms with E-state index in [1.54, 1.807) is 0 Å². The van der Waals surface area contributed by atoms with Gasteiger partial charge in [0.1, 0.15) is 12.2 Å². The predicted molar refractivity (Wildman–Crippen MR) is 157 cm³/mol. The van der Waals surface area contributed by atoms with E-state index in [4.69, 9.17) is 14.2 Å². The predicted octanol–water partition coefficient (Wildman–Crippen LogP) is 8.22. The van der Waals surface area contributed by atoms with E-state index >= 15 is 0 Å². The second-order valence-corrected chi connectivity index (χ2v) is 11.5. The minimum absolute atomic E-state index is 0.206. The molecular weight excluding hydrogens is 488 g/mol. The first-order valence-corrected chi connectivity index (χ1v) is 14.8. The summed E-state index contributed by atoms with van der Waals surface area (Å²) in [5.74, 6) is -0.560. The molecule has 2 aromatic rings. The van der Waals surface area contributed by atoms with E-state index in [-0.39, 0.29) is 36.4 Å². The second-order valence-electron chi connectivity index (χ2n) is 11.5. The Labute approximate surface area is 235 Å². The first-order valence-electron chi connectivity index (χ1n) is 14.8. The molecule has 1 heterocycles. The molecule has 214 valence electrons. The molecule has 0 amide bonds. The lowest BCUT2D eigenvalue weighted by Gasteiger charge is -2.28. The van der Waals surface area contributed by atoms with E-state index in [1.165, 1.54) is 0 Å². The standard InChI is InChI=1S/C34H48O5/c1-9-11-13-27(38-33(35)31-23(5)17-21(3)18-24(31)6)29-15-16-30(37-29)28(14-12-10-2)39-34(36)32-25(7)19-22(4)20-26(32)8/h17-20,27-30H,9-16H2,1-8H3/t27-,28+,29-,30-/m1/s1. The van der Waals surface area contributed by atoms with Gasteiger partial charge in [-0.25, -0.2) is 9.59 Å². The molecule has 5 nitrogen and oxygen atoms in total. The van der Waals surface area contributed by atoms with E-state index in [0.29, 0.717) is 11.1 Å². The van der Waals surface area contributed by atoms with E-state index in [9.17, 15) is 9.59 Å². The van der Waals surface area contributed by atoms with Gasteiger partial charge in [0.2, 0.25) is 0 Å². The van der Waals surface area contributed by atoms with Gasteiger partial charge >= 0.3 is 11.9 Å². The lowest BCUT2D eigenvalue weighted by Crippen LogP contribution is -2.36. The zero-order valence-corrected chi connectivity index (χ0v) is 25.3. The Kier molecular flexibility index (Phi) is 11.2. The number of esters is 2. The number of ether oxygens (including phenoxy) is 3. The molecule has 0 spiro atoms. The van der Waals surface area contributed by atoms with Crippen LogP contribution in [-0.2, 0) is 14.2 Å². The van der Waals surface area contributed by atoms with Crippen LogP contribution in [-0.4, -0.2) is 36.4 Å². The van der Waals surface area contributed by atoms with Crippen molar-refractivity contribution in [3.8, 4) is 0 Å². The van der Waals surface area contributed by atoms with Crippen molar-refractivity contribution in [2.45, 2.75) is 131 Å². The molecule has 5 heteroatoms. The van der Waals surface area contributed by atoms with Crippen molar-refractivity contribution in [3.05, 3.63) is 68.8 Å². The Balaban J connectivity index is 1.76. The fraction of sp³-hybridized carbons (Fsp3) is 0.588. The lowest BCUT2D eigenvalue weighted by atomic mass is 9.99. The number of carbonyl (C=O) groups excluding carboxylic acids is 2. The van der Waals surface area contributed by atoms with Crippen LogP contribution in [0.2, 0.25) is 0 Å². The summed E-state index contributed by atoms with van der Waals surface area (Å²) in [4.78, 5) is 26.7. The third-order valence-electron chi connectivity index (χ3n) is 7.88. The highest BCUT2D eigenvalue weighted by atomic mass is 16.6. The van der Waals surface area contributed by atoms with Gasteiger partial charge in [-0.05, 0) is 102 Å². The van der Waals surface area contributed by atoms with E-state index in [0.717, 1.165) is 84.7 Å². The normalized spacial score (nSPS) is 18.6. The first kappa shape index (κ1) is 30.9. The topological polar surface area (TPSA) is 61.8 Å². The summed E-state index contributed by atoms with van der Waals surface area (Å²) >= 11 is 0. The number of benzene rings is 2. The van der Waals surface area contributed by atoms with Crippen LogP contribution in [0, 0.1) is 41.5 Å². The van der Waals surface area contributed by atoms with Crippen molar-refractivity contribution >= 4 is 11.9 Å². The van der Waals surface area contributed by atoms with Gasteiger partial charge in [0.15, 0.2) is 0 Å². The van der Waals surface area contributed by atoms with Crippen molar-refractivity contribution in [3.63, 3.8) is 0 Å². The van der Waals surface area contributed by atoms with Crippen LogP contribution in [0.4, 0.5) is 0 Å². The molecule has 0 unspecified atom stereocenters. The Morgan fingerprint density at radius 3 is 1.33 bits per heavy atom. The molecule has 4 atom stereocenters. The highest BCUT2D eigenvalue weighted by Gasteiger charge is 2.39. The van der Waals surface area contributed by atoms with Gasteiger partial charge in [0.25, 0.3) is 0 Å². The first-order chi connectivity index (χ1) is 18.5. The zero-order chi connectivity index (χ0) is 28.7. The van der Waals surface area contributed by atoms with Crippen molar-refractivity contribution in [1.82, 2.24) is 0 Å². The van der Waals surface area contributed by atoms with E-state index in [1.807, 2.05) is 65.8 Å². The van der Waals surface area contributed by atoms with Crippen molar-refractivity contribution in [2.24, 2.45) is 0 Å². The van der Waals surface area contributed by atoms with Gasteiger partial charge in [-0.3, -0.25) is 0 Å². The Morgan fingerprint density at radius 1 is 0.692 bits per heavy atom. The van der Waals surface area contributed by atoms with Crippen LogP contribution in [0.1, 0.15) is 119 Å². The zero-order valence-electron chi connectivity index (χ0n) is 25.3. The molecule has 1 aliphatic heterocycles. The molecule has 39 heavy (non-hydrogen) atoms. The van der Waals surface area contributed by atoms with Gasteiger partial charge in [-0.2, -0.15) is 0 Å². The molecule has 0 aliphatic carbocycles. The van der Waals surface area contributed by atoms with Crippen LogP contribution < -0.4 is 0 Å². The molecule has 0 bridgehead atoms. The van der Waals surface area contributed by atoms with E-state index < -0.39 is 0 Å². The molecule has 1 saturated heterocycles. The minimum Gasteiger partial charge on any atom is -0.456 e. The molecule has 0 aromatic heterocycles. The summed E-state index contributed by atoms with van der Waals surface area (Å²) in [7, 11) is 0. The van der Waals surface area contributed by atoms with Crippen LogP contribution in [0.25, 0.3) is 0 Å². The molecule has 3 rings (SSSR count). The number of aryl methyl sites for hydroxylation is 6. The molecule has 1 aliphatic rings. The highest BCUT2D eigenvalue weighted by molar-refractivity contribution is 5.93. The van der Waals surface area contributed by atoms with Gasteiger partial charge in [0, 0.05) is 0 Å². The summed E-state index contributed by atoms with van der Waals surface area (Å²) in [6, 6.07) is 8.10. The number of carbonyl (C=O) groups is 2. The van der Waals surface area contributed by atoms with Crippen molar-refractivity contribution < 1.29 is 23.8 Å². The molecule has 0 N–H and O–H groups in total. The van der Waals surface area contributed by atoms with Crippen LogP contribution in [0.15, 0.2) is 24.3 Å². The maximum absolute atomic E-state index is 13.3. The largest absolute Gasteiger partial charge is 0.456 e. The Morgan fingerprint density at radius 2 is 1.03 bits per heavy atom. The van der Waals surface area contributed by atoms with E-state index in [2.05, 4.69) is 13.8 Å². The summed E-state index contributed by atoms with van der Waals surface area (Å²) < 4.78 is 18.9. The van der Waals surface area contributed by atoms with Crippen LogP contribution in [0.3, 0.4) is 0 Å². The molecule has 2 aromatic carbocycles. The van der Waals surface area contributed by atoms with Gasteiger partial charge in [-0.15, -0.1) is 0 Å². The van der Waals surface area contributed by atoms with Crippen molar-refractivity contribution in [1.29, 1.82) is 0 Å². The highest BCUT2D eigenvalue weighted by Crippen LogP contribution is 2.32. The van der Waals surface area contributed by atoms with Crippen molar-refractivity contribution in [2.75, 3.05) is 0 Å². The maximum Gasteiger partial charge on any atom is 0.339 e. The number of hydrogen-bond donors (Lipinski definition) is 0. The maximum atomic E-state index is 13.3. The number of rotatable bonds is 12. The second kappa shape index (κ2) is 14.1. The number of unbranched alkanes of at least 4 members (excludes halogenated alkanes) is 2. The Hall–Kier alpha value is -2.66. The quantitative estimate of drug-likeness (QED) is 0.256. The summed E-state index contributed by atoms with van der Waals surface area (Å²) in [6.07, 6.45) is 5.93. The third-order valence-corrected chi connectivity index (χ3v) is 7.88. The third kappa shape index (κ3) is 7.94. The summed E-state index contributed by atoms with van der Waals surface area (Å²) in [5, 5.41) is 0.